The largest absolute Gasteiger partial charge is 0.497 e. The van der Waals surface area contributed by atoms with E-state index < -0.39 is 5.82 Å². The molecule has 1 fully saturated rings. The number of hydrogen-bond acceptors (Lipinski definition) is 5. The lowest BCUT2D eigenvalue weighted by Gasteiger charge is -2.30. The highest BCUT2D eigenvalue weighted by molar-refractivity contribution is 6.33. The normalized spacial score (nSPS) is 16.0. The zero-order chi connectivity index (χ0) is 22.8. The number of nitrogens with two attached hydrogens (primary N) is 1. The fraction of sp³-hybridized carbons (Fsp3) is 0.261. The van der Waals surface area contributed by atoms with Crippen molar-refractivity contribution in [1.82, 2.24) is 14.5 Å². The molecule has 7 nitrogen and oxygen atoms in total. The molecule has 1 amide bonds. The number of halogens is 2. The lowest BCUT2D eigenvalue weighted by molar-refractivity contribution is 0.0703. The number of likely N-dealkylation sites (tertiary alicyclic amines) is 1. The summed E-state index contributed by atoms with van der Waals surface area (Å²) in [4.78, 5) is 19.4. The van der Waals surface area contributed by atoms with Crippen LogP contribution in [0.25, 0.3) is 17.1 Å². The van der Waals surface area contributed by atoms with E-state index in [4.69, 9.17) is 27.3 Å². The van der Waals surface area contributed by atoms with Crippen LogP contribution in [0.15, 0.2) is 42.5 Å². The first kappa shape index (κ1) is 21.8. The van der Waals surface area contributed by atoms with Crippen LogP contribution in [0.4, 0.5) is 4.39 Å². The second-order valence-corrected chi connectivity index (χ2v) is 7.93. The summed E-state index contributed by atoms with van der Waals surface area (Å²) >= 11 is 6.68. The van der Waals surface area contributed by atoms with Gasteiger partial charge in [0.25, 0.3) is 5.91 Å². The highest BCUT2D eigenvalue weighted by Crippen LogP contribution is 2.32. The van der Waals surface area contributed by atoms with Crippen molar-refractivity contribution in [2.24, 2.45) is 5.73 Å². The van der Waals surface area contributed by atoms with Crippen molar-refractivity contribution in [2.75, 3.05) is 20.2 Å². The number of piperidine rings is 1. The molecule has 0 radical (unpaired) electrons. The summed E-state index contributed by atoms with van der Waals surface area (Å²) in [5, 5.41) is 9.15. The van der Waals surface area contributed by atoms with E-state index in [0.717, 1.165) is 12.8 Å². The Kier molecular flexibility index (Phi) is 6.12. The van der Waals surface area contributed by atoms with E-state index in [2.05, 4.69) is 4.98 Å². The number of amides is 1. The monoisotopic (exact) mass is 453 g/mol. The summed E-state index contributed by atoms with van der Waals surface area (Å²) in [5.41, 5.74) is 7.02. The fourth-order valence-corrected chi connectivity index (χ4v) is 4.09. The Morgan fingerprint density at radius 2 is 2.06 bits per heavy atom. The Hall–Kier alpha value is -3.41. The SMILES string of the molecule is COc1ccc(-n2c(-c3ccc(C#N)c(F)c3)nc(C(=O)N3CCC[C@@H](N)C3)c2Cl)cc1. The maximum Gasteiger partial charge on any atom is 0.275 e. The fourth-order valence-electron chi connectivity index (χ4n) is 3.79. The minimum absolute atomic E-state index is 0.0661. The number of benzene rings is 2. The number of carbonyl (C=O) groups excluding carboxylic acids is 1. The van der Waals surface area contributed by atoms with Crippen LogP contribution in [-0.2, 0) is 0 Å². The third-order valence-corrected chi connectivity index (χ3v) is 5.80. The van der Waals surface area contributed by atoms with Crippen LogP contribution < -0.4 is 10.5 Å². The van der Waals surface area contributed by atoms with Gasteiger partial charge in [0.2, 0.25) is 0 Å². The number of hydrogen-bond donors (Lipinski definition) is 1. The van der Waals surface area contributed by atoms with Crippen LogP contribution in [0.3, 0.4) is 0 Å². The highest BCUT2D eigenvalue weighted by atomic mass is 35.5. The summed E-state index contributed by atoms with van der Waals surface area (Å²) in [5.74, 6) is -0.0733. The molecule has 0 unspecified atom stereocenters. The number of nitriles is 1. The number of carbonyl (C=O) groups is 1. The lowest BCUT2D eigenvalue weighted by atomic mass is 10.1. The Morgan fingerprint density at radius 3 is 2.69 bits per heavy atom. The van der Waals surface area contributed by atoms with Crippen molar-refractivity contribution in [2.45, 2.75) is 18.9 Å². The standard InChI is InChI=1S/C23H21ClFN5O2/c1-32-18-8-6-17(7-9-18)30-21(24)20(23(31)29-10-2-3-16(27)13-29)28-22(30)14-4-5-15(12-26)19(25)11-14/h4-9,11,16H,2-3,10,13,27H2,1H3/t16-/m1/s1. The Morgan fingerprint density at radius 1 is 1.31 bits per heavy atom. The number of nitrogens with zero attached hydrogens (tertiary/aromatic N) is 4. The van der Waals surface area contributed by atoms with Crippen LogP contribution in [0.1, 0.15) is 28.9 Å². The Bertz CT molecular complexity index is 1200. The van der Waals surface area contributed by atoms with Gasteiger partial charge in [-0.1, -0.05) is 11.6 Å². The summed E-state index contributed by atoms with van der Waals surface area (Å²) < 4.78 is 21.2. The van der Waals surface area contributed by atoms with Crippen molar-refractivity contribution >= 4 is 17.5 Å². The first-order valence-corrected chi connectivity index (χ1v) is 10.5. The predicted octanol–water partition coefficient (Wildman–Crippen LogP) is 3.78. The molecular weight excluding hydrogens is 433 g/mol. The maximum atomic E-state index is 14.4. The first-order valence-electron chi connectivity index (χ1n) is 10.1. The van der Waals surface area contributed by atoms with Gasteiger partial charge in [0, 0.05) is 30.4 Å². The van der Waals surface area contributed by atoms with Gasteiger partial charge in [0.05, 0.1) is 12.7 Å². The molecule has 1 saturated heterocycles. The van der Waals surface area contributed by atoms with Crippen LogP contribution in [0.2, 0.25) is 5.15 Å². The smallest absolute Gasteiger partial charge is 0.275 e. The number of imidazole rings is 1. The number of rotatable bonds is 4. The molecule has 0 saturated carbocycles. The molecule has 0 bridgehead atoms. The van der Waals surface area contributed by atoms with Gasteiger partial charge in [-0.2, -0.15) is 5.26 Å². The molecular formula is C23H21ClFN5O2. The number of aromatic nitrogens is 2. The summed E-state index contributed by atoms with van der Waals surface area (Å²) in [7, 11) is 1.56. The minimum atomic E-state index is -0.680. The van der Waals surface area contributed by atoms with Gasteiger partial charge in [-0.3, -0.25) is 9.36 Å². The topological polar surface area (TPSA) is 97.2 Å². The lowest BCUT2D eigenvalue weighted by Crippen LogP contribution is -2.45. The van der Waals surface area contributed by atoms with Gasteiger partial charge < -0.3 is 15.4 Å². The zero-order valence-corrected chi connectivity index (χ0v) is 18.1. The van der Waals surface area contributed by atoms with Gasteiger partial charge in [-0.15, -0.1) is 0 Å². The van der Waals surface area contributed by atoms with Crippen LogP contribution in [0, 0.1) is 17.1 Å². The van der Waals surface area contributed by atoms with Crippen molar-refractivity contribution in [1.29, 1.82) is 5.26 Å². The molecule has 1 aliphatic heterocycles. The molecule has 4 rings (SSSR count). The van der Waals surface area contributed by atoms with E-state index in [0.29, 0.717) is 30.1 Å². The second-order valence-electron chi connectivity index (χ2n) is 7.57. The van der Waals surface area contributed by atoms with Crippen LogP contribution in [-0.4, -0.2) is 46.6 Å². The van der Waals surface area contributed by atoms with Crippen LogP contribution >= 0.6 is 11.6 Å². The van der Waals surface area contributed by atoms with E-state index in [9.17, 15) is 9.18 Å². The van der Waals surface area contributed by atoms with Crippen molar-refractivity contribution in [3.63, 3.8) is 0 Å². The third kappa shape index (κ3) is 4.05. The van der Waals surface area contributed by atoms with Gasteiger partial charge in [-0.05, 0) is 55.3 Å². The first-order chi connectivity index (χ1) is 15.4. The van der Waals surface area contributed by atoms with E-state index in [1.165, 1.54) is 12.1 Å². The van der Waals surface area contributed by atoms with Gasteiger partial charge in [0.15, 0.2) is 5.69 Å². The van der Waals surface area contributed by atoms with Gasteiger partial charge >= 0.3 is 0 Å². The van der Waals surface area contributed by atoms with Crippen molar-refractivity contribution in [3.8, 4) is 28.9 Å². The Labute approximate surface area is 189 Å². The molecule has 2 aromatic carbocycles. The molecule has 1 aromatic heterocycles. The number of methoxy groups -OCH3 is 1. The van der Waals surface area contributed by atoms with E-state index >= 15 is 0 Å². The zero-order valence-electron chi connectivity index (χ0n) is 17.4. The van der Waals surface area contributed by atoms with E-state index in [-0.39, 0.29) is 34.2 Å². The second kappa shape index (κ2) is 8.99. The molecule has 0 spiro atoms. The van der Waals surface area contributed by atoms with E-state index in [1.807, 2.05) is 0 Å². The molecule has 0 aliphatic carbocycles. The molecule has 1 aliphatic rings. The molecule has 9 heteroatoms. The third-order valence-electron chi connectivity index (χ3n) is 5.45. The summed E-state index contributed by atoms with van der Waals surface area (Å²) in [6.07, 6.45) is 1.66. The summed E-state index contributed by atoms with van der Waals surface area (Å²) in [6.45, 7) is 0.991. The van der Waals surface area contributed by atoms with Crippen molar-refractivity contribution < 1.29 is 13.9 Å². The number of ether oxygens (including phenoxy) is 1. The summed E-state index contributed by atoms with van der Waals surface area (Å²) in [6, 6.07) is 12.9. The van der Waals surface area contributed by atoms with Gasteiger partial charge in [-0.25, -0.2) is 9.37 Å². The maximum absolute atomic E-state index is 14.4. The predicted molar refractivity (Wildman–Crippen MR) is 118 cm³/mol. The molecule has 2 N–H and O–H groups in total. The van der Waals surface area contributed by atoms with E-state index in [1.54, 1.807) is 53.0 Å². The van der Waals surface area contributed by atoms with Crippen LogP contribution in [0.5, 0.6) is 5.75 Å². The molecule has 3 aromatic rings. The molecule has 1 atom stereocenters. The van der Waals surface area contributed by atoms with Crippen molar-refractivity contribution in [3.05, 3.63) is 64.7 Å². The van der Waals surface area contributed by atoms with Gasteiger partial charge in [0.1, 0.15) is 28.6 Å². The Balaban J connectivity index is 1.85. The molecule has 2 heterocycles. The highest BCUT2D eigenvalue weighted by Gasteiger charge is 2.29. The molecule has 32 heavy (non-hydrogen) atoms. The quantitative estimate of drug-likeness (QED) is 0.648. The average Bonchev–Trinajstić information content (AvgIpc) is 3.15. The average molecular weight is 454 g/mol. The molecule has 164 valence electrons. The minimum Gasteiger partial charge on any atom is -0.497 e.